The summed E-state index contributed by atoms with van der Waals surface area (Å²) in [5, 5.41) is 9.30. The molecular weight excluding hydrogens is 460 g/mol. The molecule has 1 atom stereocenters. The van der Waals surface area contributed by atoms with Crippen LogP contribution >= 0.6 is 0 Å². The van der Waals surface area contributed by atoms with Crippen LogP contribution in [0.15, 0.2) is 36.4 Å². The van der Waals surface area contributed by atoms with Crippen molar-refractivity contribution in [2.45, 2.75) is 32.7 Å². The third-order valence-corrected chi connectivity index (χ3v) is 5.78. The number of carbonyl (C=O) groups is 3. The lowest BCUT2D eigenvalue weighted by atomic mass is 10.1. The van der Waals surface area contributed by atoms with E-state index in [4.69, 9.17) is 10.5 Å². The molecule has 1 unspecified atom stereocenters. The topological polar surface area (TPSA) is 113 Å². The van der Waals surface area contributed by atoms with Crippen molar-refractivity contribution in [1.29, 1.82) is 0 Å². The fourth-order valence-corrected chi connectivity index (χ4v) is 3.80. The lowest BCUT2D eigenvalue weighted by Gasteiger charge is -2.24. The molecule has 0 aromatic heterocycles. The van der Waals surface area contributed by atoms with Crippen molar-refractivity contribution in [3.8, 4) is 5.75 Å². The standard InChI is InChI=1S/C25H29F2N3O5/c1-16(25(33)34)13-29-15-23(31)30(14-17-5-6-18(26)11-21(17)27)22-8-7-19(12-20(22)24(29)32)35-10-4-2-3-9-28/h5-8,11-12,16H,2-4,9-10,13-15,28H2,1H3,(H,33,34). The Morgan fingerprint density at radius 2 is 1.91 bits per heavy atom. The van der Waals surface area contributed by atoms with Crippen LogP contribution in [0.5, 0.6) is 5.75 Å². The number of benzene rings is 2. The first-order valence-corrected chi connectivity index (χ1v) is 11.4. The molecule has 0 radical (unpaired) electrons. The molecule has 2 aromatic rings. The van der Waals surface area contributed by atoms with Crippen LogP contribution in [-0.4, -0.2) is 54.0 Å². The molecule has 1 aliphatic heterocycles. The van der Waals surface area contributed by atoms with Gasteiger partial charge >= 0.3 is 5.97 Å². The zero-order valence-electron chi connectivity index (χ0n) is 19.5. The molecule has 0 bridgehead atoms. The Bertz CT molecular complexity index is 1090. The third-order valence-electron chi connectivity index (χ3n) is 5.78. The van der Waals surface area contributed by atoms with Gasteiger partial charge in [-0.25, -0.2) is 8.78 Å². The second kappa shape index (κ2) is 11.7. The minimum Gasteiger partial charge on any atom is -0.494 e. The van der Waals surface area contributed by atoms with Gasteiger partial charge in [-0.3, -0.25) is 14.4 Å². The van der Waals surface area contributed by atoms with Gasteiger partial charge in [0.05, 0.1) is 30.3 Å². The Hall–Kier alpha value is -3.53. The van der Waals surface area contributed by atoms with Gasteiger partial charge in [0.1, 0.15) is 23.9 Å². The maximum absolute atomic E-state index is 14.4. The smallest absolute Gasteiger partial charge is 0.308 e. The highest BCUT2D eigenvalue weighted by Crippen LogP contribution is 2.31. The summed E-state index contributed by atoms with van der Waals surface area (Å²) >= 11 is 0. The molecule has 35 heavy (non-hydrogen) atoms. The average Bonchev–Trinajstić information content (AvgIpc) is 2.90. The van der Waals surface area contributed by atoms with Gasteiger partial charge < -0.3 is 25.4 Å². The van der Waals surface area contributed by atoms with Crippen LogP contribution in [0, 0.1) is 17.6 Å². The molecule has 1 aliphatic rings. The first-order valence-electron chi connectivity index (χ1n) is 11.4. The maximum Gasteiger partial charge on any atom is 0.308 e. The number of ether oxygens (including phenoxy) is 1. The van der Waals surface area contributed by atoms with Crippen LogP contribution in [0.4, 0.5) is 14.5 Å². The molecule has 1 heterocycles. The first-order chi connectivity index (χ1) is 16.7. The minimum atomic E-state index is -1.10. The van der Waals surface area contributed by atoms with Crippen molar-refractivity contribution in [2.75, 3.05) is 31.1 Å². The molecular formula is C25H29F2N3O5. The predicted molar refractivity (Wildman–Crippen MR) is 125 cm³/mol. The molecule has 0 saturated carbocycles. The maximum atomic E-state index is 14.4. The number of aliphatic carboxylic acids is 1. The van der Waals surface area contributed by atoms with E-state index in [0.717, 1.165) is 31.4 Å². The number of rotatable bonds is 11. The second-order valence-corrected chi connectivity index (χ2v) is 8.52. The zero-order chi connectivity index (χ0) is 25.5. The van der Waals surface area contributed by atoms with Gasteiger partial charge in [0.2, 0.25) is 5.91 Å². The van der Waals surface area contributed by atoms with E-state index in [1.165, 1.54) is 28.9 Å². The van der Waals surface area contributed by atoms with Crippen molar-refractivity contribution in [1.82, 2.24) is 4.90 Å². The minimum absolute atomic E-state index is 0.0748. The van der Waals surface area contributed by atoms with E-state index in [2.05, 4.69) is 0 Å². The summed E-state index contributed by atoms with van der Waals surface area (Å²) in [7, 11) is 0. The molecule has 10 heteroatoms. The number of fused-ring (bicyclic) bond motifs is 1. The number of carboxylic acids is 1. The summed E-state index contributed by atoms with van der Waals surface area (Å²) in [6.45, 7) is 1.66. The van der Waals surface area contributed by atoms with E-state index in [0.29, 0.717) is 18.9 Å². The molecule has 188 valence electrons. The fraction of sp³-hybridized carbons (Fsp3) is 0.400. The Labute approximate surface area is 202 Å². The van der Waals surface area contributed by atoms with Crippen molar-refractivity contribution < 1.29 is 33.0 Å². The van der Waals surface area contributed by atoms with Gasteiger partial charge in [-0.1, -0.05) is 13.0 Å². The van der Waals surface area contributed by atoms with Gasteiger partial charge in [0.15, 0.2) is 0 Å². The second-order valence-electron chi connectivity index (χ2n) is 8.52. The number of halogens is 2. The molecule has 3 rings (SSSR count). The van der Waals surface area contributed by atoms with Crippen molar-refractivity contribution in [3.63, 3.8) is 0 Å². The van der Waals surface area contributed by atoms with Gasteiger partial charge in [-0.2, -0.15) is 0 Å². The van der Waals surface area contributed by atoms with E-state index in [1.807, 2.05) is 0 Å². The highest BCUT2D eigenvalue weighted by Gasteiger charge is 2.34. The third kappa shape index (κ3) is 6.54. The molecule has 2 amide bonds. The van der Waals surface area contributed by atoms with Crippen LogP contribution < -0.4 is 15.4 Å². The highest BCUT2D eigenvalue weighted by atomic mass is 19.1. The molecule has 0 aliphatic carbocycles. The first kappa shape index (κ1) is 26.1. The van der Waals surface area contributed by atoms with E-state index in [1.54, 1.807) is 12.1 Å². The summed E-state index contributed by atoms with van der Waals surface area (Å²) in [6.07, 6.45) is 2.55. The molecule has 2 aromatic carbocycles. The van der Waals surface area contributed by atoms with Crippen LogP contribution in [0.3, 0.4) is 0 Å². The summed E-state index contributed by atoms with van der Waals surface area (Å²) in [5.74, 6) is -4.20. The number of nitrogens with two attached hydrogens (primary N) is 1. The van der Waals surface area contributed by atoms with Gasteiger partial charge in [-0.05, 0) is 50.1 Å². The summed E-state index contributed by atoms with van der Waals surface area (Å²) < 4.78 is 33.5. The number of carboxylic acid groups (broad SMARTS) is 1. The molecule has 3 N–H and O–H groups in total. The fourth-order valence-electron chi connectivity index (χ4n) is 3.80. The highest BCUT2D eigenvalue weighted by molar-refractivity contribution is 6.10. The summed E-state index contributed by atoms with van der Waals surface area (Å²) in [6, 6.07) is 7.73. The SMILES string of the molecule is CC(CN1CC(=O)N(Cc2ccc(F)cc2F)c2ccc(OCCCCCN)cc2C1=O)C(=O)O. The monoisotopic (exact) mass is 489 g/mol. The molecule has 8 nitrogen and oxygen atoms in total. The number of nitrogens with zero attached hydrogens (tertiary/aromatic N) is 2. The van der Waals surface area contributed by atoms with Crippen LogP contribution in [0.1, 0.15) is 42.1 Å². The largest absolute Gasteiger partial charge is 0.494 e. The van der Waals surface area contributed by atoms with Crippen LogP contribution in [0.25, 0.3) is 0 Å². The lowest BCUT2D eigenvalue weighted by Crippen LogP contribution is -2.42. The van der Waals surface area contributed by atoms with E-state index < -0.39 is 35.3 Å². The molecule has 0 spiro atoms. The molecule has 0 saturated heterocycles. The summed E-state index contributed by atoms with van der Waals surface area (Å²) in [4.78, 5) is 40.3. The predicted octanol–water partition coefficient (Wildman–Crippen LogP) is 3.18. The number of amides is 2. The Kier molecular flexibility index (Phi) is 8.75. The Balaban J connectivity index is 1.94. The lowest BCUT2D eigenvalue weighted by molar-refractivity contribution is -0.141. The van der Waals surface area contributed by atoms with E-state index >= 15 is 0 Å². The normalized spacial score (nSPS) is 14.5. The van der Waals surface area contributed by atoms with Crippen LogP contribution in [-0.2, 0) is 16.1 Å². The number of anilines is 1. The van der Waals surface area contributed by atoms with Gasteiger partial charge in [0, 0.05) is 18.2 Å². The number of hydrogen-bond donors (Lipinski definition) is 2. The van der Waals surface area contributed by atoms with Gasteiger partial charge in [-0.15, -0.1) is 0 Å². The van der Waals surface area contributed by atoms with Crippen molar-refractivity contribution in [2.24, 2.45) is 11.7 Å². The van der Waals surface area contributed by atoms with Crippen molar-refractivity contribution >= 4 is 23.5 Å². The number of hydrogen-bond acceptors (Lipinski definition) is 5. The molecule has 0 fully saturated rings. The average molecular weight is 490 g/mol. The Morgan fingerprint density at radius 1 is 1.14 bits per heavy atom. The Morgan fingerprint density at radius 3 is 2.60 bits per heavy atom. The zero-order valence-corrected chi connectivity index (χ0v) is 19.5. The number of carbonyl (C=O) groups excluding carboxylic acids is 2. The number of unbranched alkanes of at least 4 members (excludes halogenated alkanes) is 2. The summed E-state index contributed by atoms with van der Waals surface area (Å²) in [5.41, 5.74) is 5.95. The quantitative estimate of drug-likeness (QED) is 0.469. The van der Waals surface area contributed by atoms with Gasteiger partial charge in [0.25, 0.3) is 5.91 Å². The van der Waals surface area contributed by atoms with Crippen molar-refractivity contribution in [3.05, 3.63) is 59.2 Å². The van der Waals surface area contributed by atoms with Crippen LogP contribution in [0.2, 0.25) is 0 Å². The van der Waals surface area contributed by atoms with E-state index in [-0.39, 0.29) is 36.4 Å². The van der Waals surface area contributed by atoms with E-state index in [9.17, 15) is 28.3 Å².